The molecule has 136 valence electrons. The fraction of sp³-hybridized carbons (Fsp3) is 0.364. The van der Waals surface area contributed by atoms with Gasteiger partial charge in [-0.05, 0) is 35.1 Å². The molecule has 1 unspecified atom stereocenters. The summed E-state index contributed by atoms with van der Waals surface area (Å²) in [7, 11) is 0. The van der Waals surface area contributed by atoms with Crippen molar-refractivity contribution in [3.8, 4) is 0 Å². The van der Waals surface area contributed by atoms with E-state index in [4.69, 9.17) is 0 Å². The Morgan fingerprint density at radius 1 is 0.962 bits per heavy atom. The fourth-order valence-electron chi connectivity index (χ4n) is 3.25. The molecule has 4 nitrogen and oxygen atoms in total. The molecular weight excluding hydrogens is 322 g/mol. The smallest absolute Gasteiger partial charge is 0.258 e. The molecule has 0 saturated carbocycles. The lowest BCUT2D eigenvalue weighted by Crippen LogP contribution is -2.27. The maximum Gasteiger partial charge on any atom is 0.258 e. The highest BCUT2D eigenvalue weighted by Crippen LogP contribution is 2.24. The molecule has 2 N–H and O–H groups in total. The van der Waals surface area contributed by atoms with Crippen molar-refractivity contribution in [1.29, 1.82) is 0 Å². The summed E-state index contributed by atoms with van der Waals surface area (Å²) >= 11 is 0. The largest absolute Gasteiger partial charge is 0.309 e. The molecule has 1 heterocycles. The molecule has 0 fully saturated rings. The van der Waals surface area contributed by atoms with Gasteiger partial charge < -0.3 is 10.3 Å². The summed E-state index contributed by atoms with van der Waals surface area (Å²) in [5.41, 5.74) is 3.24. The van der Waals surface area contributed by atoms with Crippen LogP contribution in [0.15, 0.2) is 53.3 Å². The first-order valence-electron chi connectivity index (χ1n) is 9.27. The Labute approximate surface area is 154 Å². The zero-order valence-electron chi connectivity index (χ0n) is 15.9. The average Bonchev–Trinajstić information content (AvgIpc) is 2.62. The van der Waals surface area contributed by atoms with Crippen molar-refractivity contribution in [1.82, 2.24) is 15.3 Å². The molecule has 26 heavy (non-hydrogen) atoms. The van der Waals surface area contributed by atoms with Crippen LogP contribution in [0.1, 0.15) is 56.6 Å². The van der Waals surface area contributed by atoms with Crippen LogP contribution in [0.25, 0.3) is 10.9 Å². The van der Waals surface area contributed by atoms with Crippen LogP contribution in [0.3, 0.4) is 0 Å². The van der Waals surface area contributed by atoms with Crippen molar-refractivity contribution in [2.24, 2.45) is 5.92 Å². The third kappa shape index (κ3) is 4.02. The van der Waals surface area contributed by atoms with Gasteiger partial charge in [0.15, 0.2) is 0 Å². The summed E-state index contributed by atoms with van der Waals surface area (Å²) in [6.07, 6.45) is 0. The zero-order chi connectivity index (χ0) is 18.7. The molecule has 1 atom stereocenters. The van der Waals surface area contributed by atoms with E-state index in [9.17, 15) is 4.79 Å². The standard InChI is InChI=1S/C22H27N3O/c1-14(2)16-9-11-17(12-10-16)21(15(3)4)23-13-20-24-19-8-6-5-7-18(19)22(26)25-20/h5-12,14-15,21,23H,13H2,1-4H3,(H,24,25,26). The fourth-order valence-corrected chi connectivity index (χ4v) is 3.25. The Morgan fingerprint density at radius 3 is 2.27 bits per heavy atom. The lowest BCUT2D eigenvalue weighted by molar-refractivity contribution is 0.406. The third-order valence-electron chi connectivity index (χ3n) is 4.78. The molecule has 1 aromatic heterocycles. The first-order chi connectivity index (χ1) is 12.5. The van der Waals surface area contributed by atoms with Gasteiger partial charge in [-0.3, -0.25) is 4.79 Å². The van der Waals surface area contributed by atoms with Gasteiger partial charge in [0, 0.05) is 6.04 Å². The molecule has 0 saturated heterocycles. The van der Waals surface area contributed by atoms with E-state index >= 15 is 0 Å². The number of hydrogen-bond acceptors (Lipinski definition) is 3. The van der Waals surface area contributed by atoms with Crippen LogP contribution in [0.5, 0.6) is 0 Å². The highest BCUT2D eigenvalue weighted by molar-refractivity contribution is 5.77. The Balaban J connectivity index is 1.80. The minimum absolute atomic E-state index is 0.0882. The highest BCUT2D eigenvalue weighted by atomic mass is 16.1. The number of hydrogen-bond donors (Lipinski definition) is 2. The minimum Gasteiger partial charge on any atom is -0.309 e. The normalized spacial score (nSPS) is 12.8. The SMILES string of the molecule is CC(C)c1ccc(C(NCc2nc3ccccc3c(=O)[nH]2)C(C)C)cc1. The number of rotatable bonds is 6. The van der Waals surface area contributed by atoms with Gasteiger partial charge in [-0.1, -0.05) is 64.1 Å². The molecule has 0 aliphatic carbocycles. The molecule has 0 aliphatic rings. The summed E-state index contributed by atoms with van der Waals surface area (Å²) in [4.78, 5) is 19.7. The Hall–Kier alpha value is -2.46. The van der Waals surface area contributed by atoms with Crippen molar-refractivity contribution in [3.05, 3.63) is 75.8 Å². The Kier molecular flexibility index (Phi) is 5.52. The second-order valence-electron chi connectivity index (χ2n) is 7.45. The van der Waals surface area contributed by atoms with E-state index in [2.05, 4.69) is 67.2 Å². The monoisotopic (exact) mass is 349 g/mol. The summed E-state index contributed by atoms with van der Waals surface area (Å²) in [5, 5.41) is 4.19. The minimum atomic E-state index is -0.0882. The molecule has 3 rings (SSSR count). The molecule has 0 spiro atoms. The average molecular weight is 349 g/mol. The lowest BCUT2D eigenvalue weighted by atomic mass is 9.93. The van der Waals surface area contributed by atoms with Crippen molar-refractivity contribution < 1.29 is 0 Å². The van der Waals surface area contributed by atoms with Gasteiger partial charge in [0.2, 0.25) is 0 Å². The van der Waals surface area contributed by atoms with Gasteiger partial charge in [0.25, 0.3) is 5.56 Å². The number of para-hydroxylation sites is 1. The maximum absolute atomic E-state index is 12.2. The number of H-pyrrole nitrogens is 1. The topological polar surface area (TPSA) is 57.8 Å². The van der Waals surface area contributed by atoms with Crippen molar-refractivity contribution in [2.45, 2.75) is 46.2 Å². The van der Waals surface area contributed by atoms with Crippen LogP contribution >= 0.6 is 0 Å². The summed E-state index contributed by atoms with van der Waals surface area (Å²) in [6.45, 7) is 9.33. The predicted octanol–water partition coefficient (Wildman–Crippen LogP) is 4.53. The Morgan fingerprint density at radius 2 is 1.62 bits per heavy atom. The van der Waals surface area contributed by atoms with E-state index in [0.717, 1.165) is 5.52 Å². The van der Waals surface area contributed by atoms with E-state index < -0.39 is 0 Å². The van der Waals surface area contributed by atoms with E-state index in [0.29, 0.717) is 29.6 Å². The second-order valence-corrected chi connectivity index (χ2v) is 7.45. The van der Waals surface area contributed by atoms with Gasteiger partial charge in [-0.25, -0.2) is 4.98 Å². The maximum atomic E-state index is 12.2. The number of nitrogens with one attached hydrogen (secondary N) is 2. The number of nitrogens with zero attached hydrogens (tertiary/aromatic N) is 1. The van der Waals surface area contributed by atoms with Gasteiger partial charge in [-0.15, -0.1) is 0 Å². The van der Waals surface area contributed by atoms with Crippen LogP contribution < -0.4 is 10.9 Å². The second kappa shape index (κ2) is 7.83. The quantitative estimate of drug-likeness (QED) is 0.687. The predicted molar refractivity (Wildman–Crippen MR) is 107 cm³/mol. The van der Waals surface area contributed by atoms with Crippen molar-refractivity contribution >= 4 is 10.9 Å². The number of benzene rings is 2. The van der Waals surface area contributed by atoms with Gasteiger partial charge in [-0.2, -0.15) is 0 Å². The first-order valence-corrected chi connectivity index (χ1v) is 9.27. The Bertz CT molecular complexity index is 926. The molecular formula is C22H27N3O. The third-order valence-corrected chi connectivity index (χ3v) is 4.78. The van der Waals surface area contributed by atoms with E-state index in [1.54, 1.807) is 6.07 Å². The number of aromatic amines is 1. The summed E-state index contributed by atoms with van der Waals surface area (Å²) < 4.78 is 0. The van der Waals surface area contributed by atoms with Crippen molar-refractivity contribution in [2.75, 3.05) is 0 Å². The van der Waals surface area contributed by atoms with Gasteiger partial charge >= 0.3 is 0 Å². The van der Waals surface area contributed by atoms with Gasteiger partial charge in [0.1, 0.15) is 5.82 Å². The summed E-state index contributed by atoms with van der Waals surface area (Å²) in [6, 6.07) is 16.4. The van der Waals surface area contributed by atoms with Crippen LogP contribution in [0.2, 0.25) is 0 Å². The molecule has 0 amide bonds. The first kappa shape index (κ1) is 18.3. The molecule has 3 aromatic rings. The van der Waals surface area contributed by atoms with E-state index in [1.165, 1.54) is 11.1 Å². The molecule has 4 heteroatoms. The molecule has 0 radical (unpaired) electrons. The molecule has 0 aliphatic heterocycles. The molecule has 0 bridgehead atoms. The zero-order valence-corrected chi connectivity index (χ0v) is 15.9. The number of fused-ring (bicyclic) bond motifs is 1. The molecule has 2 aromatic carbocycles. The number of aromatic nitrogens is 2. The lowest BCUT2D eigenvalue weighted by Gasteiger charge is -2.23. The van der Waals surface area contributed by atoms with Crippen LogP contribution in [-0.4, -0.2) is 9.97 Å². The van der Waals surface area contributed by atoms with Crippen LogP contribution in [-0.2, 0) is 6.54 Å². The van der Waals surface area contributed by atoms with Crippen LogP contribution in [0, 0.1) is 5.92 Å². The summed E-state index contributed by atoms with van der Waals surface area (Å²) in [5.74, 6) is 1.62. The van der Waals surface area contributed by atoms with Crippen LogP contribution in [0.4, 0.5) is 0 Å². The van der Waals surface area contributed by atoms with E-state index in [-0.39, 0.29) is 11.6 Å². The van der Waals surface area contributed by atoms with Crippen molar-refractivity contribution in [3.63, 3.8) is 0 Å². The highest BCUT2D eigenvalue weighted by Gasteiger charge is 2.16. The van der Waals surface area contributed by atoms with E-state index in [1.807, 2.05) is 18.2 Å². The van der Waals surface area contributed by atoms with Gasteiger partial charge in [0.05, 0.1) is 17.4 Å².